The van der Waals surface area contributed by atoms with Crippen molar-refractivity contribution in [2.24, 2.45) is 0 Å². The molecule has 1 aliphatic heterocycles. The van der Waals surface area contributed by atoms with Crippen molar-refractivity contribution in [3.8, 4) is 11.5 Å². The van der Waals surface area contributed by atoms with Gasteiger partial charge < -0.3 is 24.7 Å². The van der Waals surface area contributed by atoms with E-state index in [1.165, 1.54) is 0 Å². The predicted molar refractivity (Wildman–Crippen MR) is 111 cm³/mol. The molecular formula is C18H15BrN5O4S-. The Balaban J connectivity index is 1.54. The molecule has 3 N–H and O–H groups in total. The third-order valence-electron chi connectivity index (χ3n) is 4.02. The molecule has 0 spiro atoms. The predicted octanol–water partition coefficient (Wildman–Crippen LogP) is 3.34. The number of ether oxygens (including phenoxy) is 2. The van der Waals surface area contributed by atoms with Crippen LogP contribution in [0.5, 0.6) is 11.5 Å². The first kappa shape index (κ1) is 19.6. The Morgan fingerprint density at radius 2 is 1.97 bits per heavy atom. The second-order valence-corrected chi connectivity index (χ2v) is 7.53. The number of nitrogens with zero attached hydrogens (tertiary/aromatic N) is 2. The quantitative estimate of drug-likeness (QED) is 0.444. The topological polar surface area (TPSA) is 120 Å². The first-order valence-corrected chi connectivity index (χ1v) is 10.3. The van der Waals surface area contributed by atoms with Gasteiger partial charge in [0.1, 0.15) is 5.82 Å². The van der Waals surface area contributed by atoms with Crippen LogP contribution in [0.25, 0.3) is 0 Å². The summed E-state index contributed by atoms with van der Waals surface area (Å²) in [4.78, 5) is 8.77. The van der Waals surface area contributed by atoms with E-state index in [2.05, 4.69) is 41.3 Å². The SMILES string of the molecule is O=S([O-])NCc1ccccc1Nc1nc(Nc2ccc3c(c2)OCO3)ncc1Br. The number of fused-ring (bicyclic) bond motifs is 1. The molecule has 1 atom stereocenters. The lowest BCUT2D eigenvalue weighted by Crippen LogP contribution is -2.16. The summed E-state index contributed by atoms with van der Waals surface area (Å²) in [5.41, 5.74) is 2.25. The van der Waals surface area contributed by atoms with E-state index in [0.717, 1.165) is 16.9 Å². The second-order valence-electron chi connectivity index (χ2n) is 5.92. The Morgan fingerprint density at radius 1 is 1.14 bits per heavy atom. The first-order valence-electron chi connectivity index (χ1n) is 8.45. The Morgan fingerprint density at radius 3 is 2.83 bits per heavy atom. The Hall–Kier alpha value is -2.73. The highest BCUT2D eigenvalue weighted by Gasteiger charge is 2.14. The van der Waals surface area contributed by atoms with Gasteiger partial charge in [0.25, 0.3) is 0 Å². The Labute approximate surface area is 177 Å². The van der Waals surface area contributed by atoms with E-state index in [1.807, 2.05) is 42.5 Å². The lowest BCUT2D eigenvalue weighted by molar-refractivity contribution is 0.174. The molecule has 1 unspecified atom stereocenters. The number of anilines is 4. The summed E-state index contributed by atoms with van der Waals surface area (Å²) in [6, 6.07) is 12.8. The molecule has 150 valence electrons. The molecule has 0 saturated carbocycles. The maximum Gasteiger partial charge on any atom is 0.231 e. The van der Waals surface area contributed by atoms with Gasteiger partial charge in [-0.1, -0.05) is 18.2 Å². The van der Waals surface area contributed by atoms with Crippen molar-refractivity contribution in [1.82, 2.24) is 14.7 Å². The zero-order chi connectivity index (χ0) is 20.2. The molecule has 0 aliphatic carbocycles. The fraction of sp³-hybridized carbons (Fsp3) is 0.111. The molecule has 0 fully saturated rings. The molecule has 0 amide bonds. The molecule has 1 aliphatic rings. The number of hydrogen-bond donors (Lipinski definition) is 3. The van der Waals surface area contributed by atoms with Gasteiger partial charge in [-0.15, -0.1) is 0 Å². The van der Waals surface area contributed by atoms with Crippen LogP contribution in [0.2, 0.25) is 0 Å². The minimum absolute atomic E-state index is 0.157. The highest BCUT2D eigenvalue weighted by molar-refractivity contribution is 9.10. The highest BCUT2D eigenvalue weighted by Crippen LogP contribution is 2.35. The van der Waals surface area contributed by atoms with Gasteiger partial charge in [-0.05, 0) is 39.7 Å². The number of halogens is 1. The standard InChI is InChI=1S/C18H16BrN5O4S/c19-13-9-20-18(22-12-5-6-15-16(7-12)28-10-27-15)24-17(13)23-14-4-2-1-3-11(14)8-21-29(25)26/h1-7,9,21H,8,10H2,(H,25,26)(H2,20,22,23,24)/p-1. The van der Waals surface area contributed by atoms with Crippen LogP contribution in [0.1, 0.15) is 5.56 Å². The lowest BCUT2D eigenvalue weighted by Gasteiger charge is -2.15. The van der Waals surface area contributed by atoms with Gasteiger partial charge in [0.2, 0.25) is 12.7 Å². The number of nitrogens with one attached hydrogen (secondary N) is 3. The van der Waals surface area contributed by atoms with Gasteiger partial charge in [0.05, 0.1) is 4.47 Å². The van der Waals surface area contributed by atoms with E-state index in [-0.39, 0.29) is 13.3 Å². The molecule has 4 rings (SSSR count). The fourth-order valence-electron chi connectivity index (χ4n) is 2.68. The van der Waals surface area contributed by atoms with E-state index < -0.39 is 11.3 Å². The van der Waals surface area contributed by atoms with E-state index >= 15 is 0 Å². The normalized spacial score (nSPS) is 13.2. The van der Waals surface area contributed by atoms with Gasteiger partial charge >= 0.3 is 0 Å². The summed E-state index contributed by atoms with van der Waals surface area (Å²) >= 11 is 1.09. The molecule has 9 nitrogen and oxygen atoms in total. The van der Waals surface area contributed by atoms with Crippen LogP contribution in [0.3, 0.4) is 0 Å². The monoisotopic (exact) mass is 476 g/mol. The zero-order valence-corrected chi connectivity index (χ0v) is 17.2. The van der Waals surface area contributed by atoms with Gasteiger partial charge in [0.15, 0.2) is 11.5 Å². The summed E-state index contributed by atoms with van der Waals surface area (Å²) < 4.78 is 35.3. The van der Waals surface area contributed by atoms with Crippen LogP contribution in [0, 0.1) is 0 Å². The number of aromatic nitrogens is 2. The summed E-state index contributed by atoms with van der Waals surface area (Å²) in [6.45, 7) is 0.361. The maximum atomic E-state index is 10.8. The van der Waals surface area contributed by atoms with Crippen LogP contribution in [-0.2, 0) is 17.8 Å². The molecular weight excluding hydrogens is 462 g/mol. The minimum atomic E-state index is -2.34. The van der Waals surface area contributed by atoms with Crippen molar-refractivity contribution in [1.29, 1.82) is 0 Å². The van der Waals surface area contributed by atoms with Gasteiger partial charge in [-0.2, -0.15) is 4.98 Å². The molecule has 29 heavy (non-hydrogen) atoms. The average molecular weight is 477 g/mol. The number of para-hydroxylation sites is 1. The second kappa shape index (κ2) is 8.74. The van der Waals surface area contributed by atoms with E-state index in [1.54, 1.807) is 6.20 Å². The molecule has 1 aromatic heterocycles. The molecule has 0 saturated heterocycles. The van der Waals surface area contributed by atoms with Gasteiger partial charge in [-0.25, -0.2) is 9.71 Å². The summed E-state index contributed by atoms with van der Waals surface area (Å²) in [5, 5.41) is 6.34. The summed E-state index contributed by atoms with van der Waals surface area (Å²) in [5.74, 6) is 2.26. The third-order valence-corrected chi connectivity index (χ3v) is 4.98. The molecule has 2 aromatic carbocycles. The average Bonchev–Trinajstić information content (AvgIpc) is 3.17. The highest BCUT2D eigenvalue weighted by atomic mass is 79.9. The summed E-state index contributed by atoms with van der Waals surface area (Å²) in [6.07, 6.45) is 1.62. The molecule has 3 aromatic rings. The van der Waals surface area contributed by atoms with Crippen molar-refractivity contribution in [2.75, 3.05) is 17.4 Å². The van der Waals surface area contributed by atoms with Crippen LogP contribution < -0.4 is 24.8 Å². The first-order chi connectivity index (χ1) is 14.1. The third kappa shape index (κ3) is 4.82. The van der Waals surface area contributed by atoms with Crippen LogP contribution in [0.4, 0.5) is 23.1 Å². The van der Waals surface area contributed by atoms with Crippen LogP contribution in [0.15, 0.2) is 53.1 Å². The van der Waals surface area contributed by atoms with Crippen molar-refractivity contribution >= 4 is 50.3 Å². The zero-order valence-electron chi connectivity index (χ0n) is 14.8. The fourth-order valence-corrected chi connectivity index (χ4v) is 3.24. The van der Waals surface area contributed by atoms with E-state index in [0.29, 0.717) is 27.7 Å². The van der Waals surface area contributed by atoms with Crippen LogP contribution in [-0.4, -0.2) is 25.5 Å². The summed E-state index contributed by atoms with van der Waals surface area (Å²) in [7, 11) is 0. The molecule has 11 heteroatoms. The lowest BCUT2D eigenvalue weighted by atomic mass is 10.2. The van der Waals surface area contributed by atoms with E-state index in [9.17, 15) is 8.76 Å². The Bertz CT molecular complexity index is 1070. The molecule has 2 heterocycles. The largest absolute Gasteiger partial charge is 0.760 e. The maximum absolute atomic E-state index is 10.8. The van der Waals surface area contributed by atoms with Gasteiger partial charge in [-0.3, -0.25) is 4.21 Å². The number of rotatable bonds is 7. The molecule has 0 bridgehead atoms. The van der Waals surface area contributed by atoms with Crippen molar-refractivity contribution in [2.45, 2.75) is 6.54 Å². The number of hydrogen-bond acceptors (Lipinski definition) is 8. The van der Waals surface area contributed by atoms with Gasteiger partial charge in [0, 0.05) is 41.4 Å². The Kier molecular flexibility index (Phi) is 5.90. The smallest absolute Gasteiger partial charge is 0.231 e. The van der Waals surface area contributed by atoms with Crippen molar-refractivity contribution in [3.63, 3.8) is 0 Å². The minimum Gasteiger partial charge on any atom is -0.760 e. The molecule has 0 radical (unpaired) electrons. The van der Waals surface area contributed by atoms with Crippen molar-refractivity contribution < 1.29 is 18.2 Å². The van der Waals surface area contributed by atoms with E-state index in [4.69, 9.17) is 9.47 Å². The van der Waals surface area contributed by atoms with Crippen molar-refractivity contribution in [3.05, 3.63) is 58.7 Å². The van der Waals surface area contributed by atoms with Crippen LogP contribution >= 0.6 is 15.9 Å². The number of benzene rings is 2.